The summed E-state index contributed by atoms with van der Waals surface area (Å²) in [6.45, 7) is 8.52. The van der Waals surface area contributed by atoms with E-state index in [1.807, 2.05) is 70.2 Å². The fourth-order valence-electron chi connectivity index (χ4n) is 6.48. The van der Waals surface area contributed by atoms with Gasteiger partial charge >= 0.3 is 12.2 Å². The Kier molecular flexibility index (Phi) is 13.2. The first kappa shape index (κ1) is 39.9. The SMILES string of the molecule is C#CCCN(Cc1nc2ccc(C#Cc3ccc(-c4cnc(C5CCCN5C(=O)C(NC(=O)OC)C(C)C)[nH]4)cc3)cc2[nH]1)C(=O)C(NC(=O)OC)C(C)C. The lowest BCUT2D eigenvalue weighted by atomic mass is 10.0. The van der Waals surface area contributed by atoms with Crippen molar-refractivity contribution < 1.29 is 28.7 Å². The number of imidazole rings is 2. The molecule has 1 fully saturated rings. The molecular weight excluding hydrogens is 701 g/mol. The van der Waals surface area contributed by atoms with Gasteiger partial charge in [0.1, 0.15) is 23.7 Å². The molecule has 1 aliphatic rings. The molecule has 55 heavy (non-hydrogen) atoms. The summed E-state index contributed by atoms with van der Waals surface area (Å²) in [5, 5.41) is 5.31. The Morgan fingerprint density at radius 1 is 0.945 bits per heavy atom. The molecule has 288 valence electrons. The summed E-state index contributed by atoms with van der Waals surface area (Å²) in [6, 6.07) is 11.8. The number of rotatable bonds is 12. The average molecular weight is 749 g/mol. The van der Waals surface area contributed by atoms with Gasteiger partial charge in [-0.05, 0) is 60.6 Å². The molecule has 2 aromatic heterocycles. The van der Waals surface area contributed by atoms with Crippen LogP contribution in [0.4, 0.5) is 9.59 Å². The normalized spacial score (nSPS) is 14.8. The smallest absolute Gasteiger partial charge is 0.407 e. The number of methoxy groups -OCH3 is 2. The Balaban J connectivity index is 1.26. The van der Waals surface area contributed by atoms with E-state index in [2.05, 4.69) is 48.3 Å². The van der Waals surface area contributed by atoms with Crippen molar-refractivity contribution in [2.45, 2.75) is 71.6 Å². The van der Waals surface area contributed by atoms with Crippen LogP contribution in [-0.2, 0) is 25.6 Å². The summed E-state index contributed by atoms with van der Waals surface area (Å²) < 4.78 is 9.46. The largest absolute Gasteiger partial charge is 0.453 e. The van der Waals surface area contributed by atoms with Crippen molar-refractivity contribution in [1.82, 2.24) is 40.4 Å². The zero-order valence-electron chi connectivity index (χ0n) is 32.1. The number of carbonyl (C=O) groups is 4. The standard InChI is InChI=1S/C41H48N8O6/c1-8-9-20-48(38(50)35(25(2)3)46-40(52)54-6)24-34-43-30-19-16-28(22-31(30)44-34)13-12-27-14-17-29(18-15-27)32-23-42-37(45-32)33-11-10-21-49(33)39(51)36(26(4)5)47-41(53)55-7/h1,14-19,22-23,25-26,33,35-36H,9-11,20-21,24H2,2-7H3,(H,42,45)(H,43,44)(H,46,52)(H,47,53). The van der Waals surface area contributed by atoms with Crippen molar-refractivity contribution >= 4 is 35.0 Å². The highest BCUT2D eigenvalue weighted by Gasteiger charge is 2.37. The van der Waals surface area contributed by atoms with Gasteiger partial charge in [-0.1, -0.05) is 51.7 Å². The lowest BCUT2D eigenvalue weighted by molar-refractivity contribution is -0.136. The number of carbonyl (C=O) groups excluding carboxylic acids is 4. The van der Waals surface area contributed by atoms with Crippen molar-refractivity contribution in [3.8, 4) is 35.4 Å². The number of hydrogen-bond donors (Lipinski definition) is 4. The predicted molar refractivity (Wildman–Crippen MR) is 207 cm³/mol. The van der Waals surface area contributed by atoms with Gasteiger partial charge in [0, 0.05) is 30.6 Å². The van der Waals surface area contributed by atoms with Crippen LogP contribution < -0.4 is 10.6 Å². The number of H-pyrrole nitrogens is 2. The highest BCUT2D eigenvalue weighted by atomic mass is 16.5. The number of amides is 4. The quantitative estimate of drug-likeness (QED) is 0.144. The van der Waals surface area contributed by atoms with Crippen LogP contribution in [0.2, 0.25) is 0 Å². The van der Waals surface area contributed by atoms with Crippen LogP contribution in [0.25, 0.3) is 22.3 Å². The zero-order chi connectivity index (χ0) is 39.6. The molecule has 1 saturated heterocycles. The van der Waals surface area contributed by atoms with Gasteiger partial charge in [0.05, 0.1) is 49.7 Å². The fourth-order valence-corrected chi connectivity index (χ4v) is 6.48. The van der Waals surface area contributed by atoms with Crippen LogP contribution in [0.5, 0.6) is 0 Å². The Morgan fingerprint density at radius 3 is 2.25 bits per heavy atom. The Labute approximate surface area is 321 Å². The molecular formula is C41H48N8O6. The minimum absolute atomic E-state index is 0.115. The molecule has 0 saturated carbocycles. The van der Waals surface area contributed by atoms with Gasteiger partial charge in [-0.15, -0.1) is 12.3 Å². The Hall–Kier alpha value is -6.28. The van der Waals surface area contributed by atoms with E-state index in [0.29, 0.717) is 31.2 Å². The summed E-state index contributed by atoms with van der Waals surface area (Å²) in [7, 11) is 2.53. The number of nitrogens with zero attached hydrogens (tertiary/aromatic N) is 4. The molecule has 0 spiro atoms. The van der Waals surface area contributed by atoms with Crippen molar-refractivity contribution in [3.63, 3.8) is 0 Å². The third-order valence-electron chi connectivity index (χ3n) is 9.49. The van der Waals surface area contributed by atoms with Crippen LogP contribution in [-0.4, -0.2) is 93.1 Å². The molecule has 4 N–H and O–H groups in total. The predicted octanol–water partition coefficient (Wildman–Crippen LogP) is 5.13. The maximum atomic E-state index is 13.5. The lowest BCUT2D eigenvalue weighted by Crippen LogP contribution is -2.51. The number of nitrogens with one attached hydrogen (secondary N) is 4. The lowest BCUT2D eigenvalue weighted by Gasteiger charge is -2.30. The topological polar surface area (TPSA) is 175 Å². The molecule has 2 aromatic carbocycles. The number of ether oxygens (including phenoxy) is 2. The van der Waals surface area contributed by atoms with E-state index < -0.39 is 24.3 Å². The number of likely N-dealkylation sites (tertiary alicyclic amines) is 1. The van der Waals surface area contributed by atoms with E-state index in [1.165, 1.54) is 14.2 Å². The van der Waals surface area contributed by atoms with Crippen molar-refractivity contribution in [2.24, 2.45) is 11.8 Å². The molecule has 1 aliphatic heterocycles. The van der Waals surface area contributed by atoms with Gasteiger partial charge in [-0.2, -0.15) is 0 Å². The first-order valence-electron chi connectivity index (χ1n) is 18.3. The van der Waals surface area contributed by atoms with E-state index in [4.69, 9.17) is 15.9 Å². The third kappa shape index (κ3) is 9.83. The molecule has 14 nitrogen and oxygen atoms in total. The van der Waals surface area contributed by atoms with Gasteiger partial charge in [-0.25, -0.2) is 19.6 Å². The highest BCUT2D eigenvalue weighted by Crippen LogP contribution is 2.33. The Bertz CT molecular complexity index is 2100. The second kappa shape index (κ2) is 18.2. The van der Waals surface area contributed by atoms with Crippen LogP contribution in [0.1, 0.15) is 75.8 Å². The van der Waals surface area contributed by atoms with Crippen molar-refractivity contribution in [3.05, 3.63) is 71.4 Å². The molecule has 4 aromatic rings. The van der Waals surface area contributed by atoms with E-state index in [1.54, 1.807) is 16.0 Å². The van der Waals surface area contributed by atoms with Crippen LogP contribution in [0, 0.1) is 36.0 Å². The molecule has 4 amide bonds. The minimum Gasteiger partial charge on any atom is -0.453 e. The summed E-state index contributed by atoms with van der Waals surface area (Å²) in [4.78, 5) is 70.2. The molecule has 14 heteroatoms. The van der Waals surface area contributed by atoms with Crippen molar-refractivity contribution in [1.29, 1.82) is 0 Å². The summed E-state index contributed by atoms with van der Waals surface area (Å²) in [5.74, 6) is 9.57. The van der Waals surface area contributed by atoms with E-state index in [-0.39, 0.29) is 36.2 Å². The number of hydrogen-bond acceptors (Lipinski definition) is 8. The number of alkyl carbamates (subject to hydrolysis) is 2. The molecule has 5 rings (SSSR count). The first-order valence-corrected chi connectivity index (χ1v) is 18.3. The van der Waals surface area contributed by atoms with Crippen molar-refractivity contribution in [2.75, 3.05) is 27.3 Å². The summed E-state index contributed by atoms with van der Waals surface area (Å²) in [5.41, 5.74) is 4.85. The second-order valence-electron chi connectivity index (χ2n) is 14.0. The second-order valence-corrected chi connectivity index (χ2v) is 14.0. The van der Waals surface area contributed by atoms with Crippen LogP contribution >= 0.6 is 0 Å². The molecule has 0 aliphatic carbocycles. The molecule has 3 heterocycles. The zero-order valence-corrected chi connectivity index (χ0v) is 32.1. The summed E-state index contributed by atoms with van der Waals surface area (Å²) >= 11 is 0. The third-order valence-corrected chi connectivity index (χ3v) is 9.49. The van der Waals surface area contributed by atoms with Crippen LogP contribution in [0.3, 0.4) is 0 Å². The fraction of sp³-hybridized carbons (Fsp3) is 0.415. The van der Waals surface area contributed by atoms with Gasteiger partial charge in [-0.3, -0.25) is 9.59 Å². The number of aromatic amines is 2. The number of benzene rings is 2. The monoisotopic (exact) mass is 748 g/mol. The highest BCUT2D eigenvalue weighted by molar-refractivity contribution is 5.87. The van der Waals surface area contributed by atoms with Gasteiger partial charge in [0.15, 0.2) is 0 Å². The van der Waals surface area contributed by atoms with Gasteiger partial charge in [0.25, 0.3) is 0 Å². The minimum atomic E-state index is -0.787. The molecule has 0 radical (unpaired) electrons. The van der Waals surface area contributed by atoms with E-state index in [0.717, 1.165) is 46.3 Å². The number of fused-ring (bicyclic) bond motifs is 1. The molecule has 0 bridgehead atoms. The molecule has 3 atom stereocenters. The van der Waals surface area contributed by atoms with E-state index >= 15 is 0 Å². The average Bonchev–Trinajstić information content (AvgIpc) is 3.96. The maximum Gasteiger partial charge on any atom is 0.407 e. The van der Waals surface area contributed by atoms with Gasteiger partial charge in [0.2, 0.25) is 11.8 Å². The first-order chi connectivity index (χ1) is 26.4. The van der Waals surface area contributed by atoms with Crippen LogP contribution in [0.15, 0.2) is 48.7 Å². The van der Waals surface area contributed by atoms with Gasteiger partial charge < -0.3 is 39.9 Å². The Morgan fingerprint density at radius 2 is 1.60 bits per heavy atom. The number of terminal acetylenes is 1. The summed E-state index contributed by atoms with van der Waals surface area (Å²) in [6.07, 6.45) is 7.91. The number of aromatic nitrogens is 4. The van der Waals surface area contributed by atoms with E-state index in [9.17, 15) is 19.2 Å². The maximum absolute atomic E-state index is 13.5. The molecule has 3 unspecified atom stereocenters.